The number of nitrogens with two attached hydrogens (primary N) is 1. The van der Waals surface area contributed by atoms with Gasteiger partial charge in [-0.2, -0.15) is 9.49 Å². The average molecular weight is 409 g/mol. The van der Waals surface area contributed by atoms with Crippen molar-refractivity contribution in [1.82, 2.24) is 19.7 Å². The SMILES string of the molecule is CC1CCC(n2cc(-c3cnc(N)c(-c4nc5ccc(F)c(F)c5o4)c3)cn2)CC1. The lowest BCUT2D eigenvalue weighted by molar-refractivity contribution is 0.274. The number of oxazole rings is 1. The molecule has 5 rings (SSSR count). The largest absolute Gasteiger partial charge is 0.433 e. The zero-order chi connectivity index (χ0) is 20.8. The molecule has 2 N–H and O–H groups in total. The van der Waals surface area contributed by atoms with Crippen molar-refractivity contribution in [3.8, 4) is 22.6 Å². The van der Waals surface area contributed by atoms with Crippen LogP contribution in [0.2, 0.25) is 0 Å². The van der Waals surface area contributed by atoms with Gasteiger partial charge in [0.2, 0.25) is 11.7 Å². The molecule has 0 saturated heterocycles. The third kappa shape index (κ3) is 3.22. The van der Waals surface area contributed by atoms with Crippen LogP contribution in [0, 0.1) is 17.6 Å². The Morgan fingerprint density at radius 2 is 1.90 bits per heavy atom. The van der Waals surface area contributed by atoms with Gasteiger partial charge in [0.05, 0.1) is 17.8 Å². The lowest BCUT2D eigenvalue weighted by atomic mass is 9.87. The third-order valence-electron chi connectivity index (χ3n) is 5.89. The molecule has 0 radical (unpaired) electrons. The fourth-order valence-electron chi connectivity index (χ4n) is 4.05. The summed E-state index contributed by atoms with van der Waals surface area (Å²) in [6.07, 6.45) is 10.1. The van der Waals surface area contributed by atoms with Crippen molar-refractivity contribution in [3.05, 3.63) is 48.4 Å². The van der Waals surface area contributed by atoms with Gasteiger partial charge in [0.25, 0.3) is 0 Å². The Balaban J connectivity index is 1.49. The van der Waals surface area contributed by atoms with Crippen molar-refractivity contribution in [1.29, 1.82) is 0 Å². The van der Waals surface area contributed by atoms with E-state index < -0.39 is 11.6 Å². The molecule has 0 amide bonds. The van der Waals surface area contributed by atoms with Crippen LogP contribution in [-0.4, -0.2) is 19.7 Å². The number of aromatic nitrogens is 4. The highest BCUT2D eigenvalue weighted by molar-refractivity contribution is 5.81. The molecule has 30 heavy (non-hydrogen) atoms. The molecule has 0 unspecified atom stereocenters. The number of hydrogen-bond acceptors (Lipinski definition) is 5. The minimum atomic E-state index is -1.07. The van der Waals surface area contributed by atoms with E-state index in [1.807, 2.05) is 10.9 Å². The molecule has 1 fully saturated rings. The Labute approximate surface area is 171 Å². The summed E-state index contributed by atoms with van der Waals surface area (Å²) in [7, 11) is 0. The first-order valence-corrected chi connectivity index (χ1v) is 10.0. The van der Waals surface area contributed by atoms with Gasteiger partial charge in [-0.25, -0.2) is 14.4 Å². The van der Waals surface area contributed by atoms with Gasteiger partial charge in [0.15, 0.2) is 11.4 Å². The summed E-state index contributed by atoms with van der Waals surface area (Å²) in [5, 5.41) is 4.55. The first kappa shape index (κ1) is 18.7. The van der Waals surface area contributed by atoms with Gasteiger partial charge in [-0.05, 0) is 49.8 Å². The topological polar surface area (TPSA) is 82.8 Å². The zero-order valence-corrected chi connectivity index (χ0v) is 16.5. The number of benzene rings is 1. The van der Waals surface area contributed by atoms with Crippen LogP contribution in [0.15, 0.2) is 41.2 Å². The summed E-state index contributed by atoms with van der Waals surface area (Å²) in [6.45, 7) is 2.29. The van der Waals surface area contributed by atoms with Gasteiger partial charge < -0.3 is 10.2 Å². The third-order valence-corrected chi connectivity index (χ3v) is 5.89. The van der Waals surface area contributed by atoms with Crippen molar-refractivity contribution in [2.45, 2.75) is 38.6 Å². The molecule has 0 spiro atoms. The number of halogens is 2. The van der Waals surface area contributed by atoms with E-state index in [4.69, 9.17) is 10.2 Å². The number of fused-ring (bicyclic) bond motifs is 1. The monoisotopic (exact) mass is 409 g/mol. The predicted molar refractivity (Wildman–Crippen MR) is 109 cm³/mol. The lowest BCUT2D eigenvalue weighted by Gasteiger charge is -2.26. The molecule has 1 saturated carbocycles. The number of anilines is 1. The molecule has 8 heteroatoms. The second-order valence-electron chi connectivity index (χ2n) is 8.01. The number of hydrogen-bond donors (Lipinski definition) is 1. The lowest BCUT2D eigenvalue weighted by Crippen LogP contribution is -2.16. The summed E-state index contributed by atoms with van der Waals surface area (Å²) >= 11 is 0. The molecule has 3 aromatic heterocycles. The molecule has 1 aromatic carbocycles. The van der Waals surface area contributed by atoms with Crippen LogP contribution in [0.4, 0.5) is 14.6 Å². The number of pyridine rings is 1. The van der Waals surface area contributed by atoms with Gasteiger partial charge in [0, 0.05) is 23.5 Å². The van der Waals surface area contributed by atoms with Crippen molar-refractivity contribution in [3.63, 3.8) is 0 Å². The summed E-state index contributed by atoms with van der Waals surface area (Å²) in [5.41, 5.74) is 8.11. The maximum Gasteiger partial charge on any atom is 0.231 e. The molecule has 6 nitrogen and oxygen atoms in total. The standard InChI is InChI=1S/C22H21F2N5O/c1-12-2-4-15(5-3-12)29-11-14(10-27-29)13-8-16(21(25)26-9-13)22-28-18-7-6-17(23)19(24)20(18)30-22/h6-12,15H,2-5H2,1H3,(H2,25,26). The van der Waals surface area contributed by atoms with Crippen LogP contribution in [0.3, 0.4) is 0 Å². The van der Waals surface area contributed by atoms with Crippen molar-refractivity contribution in [2.24, 2.45) is 5.92 Å². The Kier molecular flexibility index (Phi) is 4.49. The number of rotatable bonds is 3. The van der Waals surface area contributed by atoms with Crippen LogP contribution >= 0.6 is 0 Å². The maximum absolute atomic E-state index is 14.0. The van der Waals surface area contributed by atoms with Crippen molar-refractivity contribution < 1.29 is 13.2 Å². The van der Waals surface area contributed by atoms with E-state index in [0.717, 1.165) is 36.0 Å². The Bertz CT molecular complexity index is 1220. The van der Waals surface area contributed by atoms with E-state index in [1.54, 1.807) is 18.5 Å². The van der Waals surface area contributed by atoms with Gasteiger partial charge in [-0.15, -0.1) is 0 Å². The van der Waals surface area contributed by atoms with Crippen LogP contribution in [0.1, 0.15) is 38.6 Å². The summed E-state index contributed by atoms with van der Waals surface area (Å²) in [6, 6.07) is 4.57. The van der Waals surface area contributed by atoms with Gasteiger partial charge in [-0.1, -0.05) is 6.92 Å². The quantitative estimate of drug-likeness (QED) is 0.492. The molecular weight excluding hydrogens is 388 g/mol. The molecule has 0 atom stereocenters. The molecule has 0 bridgehead atoms. The minimum Gasteiger partial charge on any atom is -0.433 e. The highest BCUT2D eigenvalue weighted by Gasteiger charge is 2.21. The number of nitrogen functional groups attached to an aromatic ring is 1. The molecular formula is C22H21F2N5O. The summed E-state index contributed by atoms with van der Waals surface area (Å²) in [4.78, 5) is 8.50. The van der Waals surface area contributed by atoms with Gasteiger partial charge >= 0.3 is 0 Å². The highest BCUT2D eigenvalue weighted by Crippen LogP contribution is 2.34. The van der Waals surface area contributed by atoms with Crippen molar-refractivity contribution >= 4 is 16.9 Å². The average Bonchev–Trinajstić information content (AvgIpc) is 3.40. The van der Waals surface area contributed by atoms with E-state index in [2.05, 4.69) is 22.0 Å². The zero-order valence-electron chi connectivity index (χ0n) is 16.5. The van der Waals surface area contributed by atoms with E-state index in [0.29, 0.717) is 11.6 Å². The van der Waals surface area contributed by atoms with Gasteiger partial charge in [-0.3, -0.25) is 4.68 Å². The Morgan fingerprint density at radius 1 is 1.10 bits per heavy atom. The first-order chi connectivity index (χ1) is 14.5. The maximum atomic E-state index is 14.0. The van der Waals surface area contributed by atoms with E-state index in [1.165, 1.54) is 18.9 Å². The van der Waals surface area contributed by atoms with Crippen LogP contribution in [-0.2, 0) is 0 Å². The molecule has 4 aromatic rings. The van der Waals surface area contributed by atoms with E-state index in [-0.39, 0.29) is 22.8 Å². The van der Waals surface area contributed by atoms with Crippen LogP contribution in [0.25, 0.3) is 33.7 Å². The Morgan fingerprint density at radius 3 is 2.70 bits per heavy atom. The second kappa shape index (κ2) is 7.19. The fourth-order valence-corrected chi connectivity index (χ4v) is 4.05. The highest BCUT2D eigenvalue weighted by atomic mass is 19.2. The molecule has 0 aliphatic heterocycles. The fraction of sp³-hybridized carbons (Fsp3) is 0.318. The van der Waals surface area contributed by atoms with Crippen LogP contribution < -0.4 is 5.73 Å². The normalized spacial score (nSPS) is 19.4. The summed E-state index contributed by atoms with van der Waals surface area (Å²) in [5.74, 6) is -1.00. The van der Waals surface area contributed by atoms with Gasteiger partial charge in [0.1, 0.15) is 11.3 Å². The molecule has 154 valence electrons. The molecule has 3 heterocycles. The molecule has 1 aliphatic carbocycles. The first-order valence-electron chi connectivity index (χ1n) is 10.0. The second-order valence-corrected chi connectivity index (χ2v) is 8.01. The molecule has 1 aliphatic rings. The van der Waals surface area contributed by atoms with E-state index >= 15 is 0 Å². The smallest absolute Gasteiger partial charge is 0.231 e. The predicted octanol–water partition coefficient (Wildman–Crippen LogP) is 5.36. The van der Waals surface area contributed by atoms with Crippen molar-refractivity contribution in [2.75, 3.05) is 5.73 Å². The van der Waals surface area contributed by atoms with Crippen LogP contribution in [0.5, 0.6) is 0 Å². The Hall–Kier alpha value is -3.29. The summed E-state index contributed by atoms with van der Waals surface area (Å²) < 4.78 is 35.0. The minimum absolute atomic E-state index is 0.0926. The van der Waals surface area contributed by atoms with E-state index in [9.17, 15) is 8.78 Å². The number of nitrogens with zero attached hydrogens (tertiary/aromatic N) is 4.